The highest BCUT2D eigenvalue weighted by atomic mass is 16.3. The smallest absolute Gasteiger partial charge is 0.0726 e. The molecule has 1 heterocycles. The summed E-state index contributed by atoms with van der Waals surface area (Å²) in [5.74, 6) is 5.39. The molecule has 17 heavy (non-hydrogen) atoms. The largest absolute Gasteiger partial charge is 0.391 e. The van der Waals surface area contributed by atoms with Crippen molar-refractivity contribution in [2.45, 2.75) is 51.2 Å². The van der Waals surface area contributed by atoms with E-state index in [4.69, 9.17) is 0 Å². The molecule has 96 valence electrons. The van der Waals surface area contributed by atoms with Gasteiger partial charge in [-0.25, -0.2) is 0 Å². The van der Waals surface area contributed by atoms with E-state index in [2.05, 4.69) is 12.2 Å². The fourth-order valence-electron chi connectivity index (χ4n) is 5.75. The minimum Gasteiger partial charge on any atom is -0.391 e. The Morgan fingerprint density at radius 1 is 1.18 bits per heavy atom. The van der Waals surface area contributed by atoms with Crippen molar-refractivity contribution in [2.75, 3.05) is 6.54 Å². The van der Waals surface area contributed by atoms with Gasteiger partial charge in [0.1, 0.15) is 0 Å². The fourth-order valence-corrected chi connectivity index (χ4v) is 5.75. The summed E-state index contributed by atoms with van der Waals surface area (Å²) in [5, 5.41) is 14.1. The molecule has 0 aromatic rings. The van der Waals surface area contributed by atoms with Crippen molar-refractivity contribution < 1.29 is 5.11 Å². The zero-order valence-electron chi connectivity index (χ0n) is 10.8. The first-order valence-electron chi connectivity index (χ1n) is 7.67. The highest BCUT2D eigenvalue weighted by Crippen LogP contribution is 2.68. The molecule has 4 aliphatic rings. The van der Waals surface area contributed by atoms with Gasteiger partial charge < -0.3 is 10.4 Å². The fraction of sp³-hybridized carbons (Fsp3) is 1.00. The van der Waals surface area contributed by atoms with Gasteiger partial charge in [-0.15, -0.1) is 0 Å². The molecule has 3 saturated carbocycles. The van der Waals surface area contributed by atoms with Gasteiger partial charge in [0.05, 0.1) is 6.10 Å². The van der Waals surface area contributed by atoms with Crippen molar-refractivity contribution in [1.29, 1.82) is 0 Å². The lowest BCUT2D eigenvalue weighted by molar-refractivity contribution is -0.224. The SMILES string of the molecule is CC1CC2CC3C2C(C1)C3[C@@H](O)[C@@H]1CCCN1. The molecule has 3 aliphatic carbocycles. The van der Waals surface area contributed by atoms with Crippen molar-refractivity contribution in [1.82, 2.24) is 5.32 Å². The van der Waals surface area contributed by atoms with Crippen molar-refractivity contribution in [3.05, 3.63) is 0 Å². The van der Waals surface area contributed by atoms with Crippen LogP contribution in [0.3, 0.4) is 0 Å². The molecular weight excluding hydrogens is 210 g/mol. The first-order chi connectivity index (χ1) is 8.25. The van der Waals surface area contributed by atoms with Crippen LogP contribution in [0.2, 0.25) is 0 Å². The van der Waals surface area contributed by atoms with E-state index in [9.17, 15) is 5.11 Å². The van der Waals surface area contributed by atoms with Gasteiger partial charge in [-0.05, 0) is 74.2 Å². The Labute approximate surface area is 104 Å². The van der Waals surface area contributed by atoms with Crippen molar-refractivity contribution >= 4 is 0 Å². The zero-order valence-corrected chi connectivity index (χ0v) is 10.8. The summed E-state index contributed by atoms with van der Waals surface area (Å²) in [6, 6.07) is 0.414. The van der Waals surface area contributed by atoms with Gasteiger partial charge in [0.25, 0.3) is 0 Å². The van der Waals surface area contributed by atoms with Crippen LogP contribution in [0, 0.1) is 35.5 Å². The average molecular weight is 235 g/mol. The van der Waals surface area contributed by atoms with E-state index in [0.717, 1.165) is 36.1 Å². The van der Waals surface area contributed by atoms with E-state index in [0.29, 0.717) is 12.0 Å². The van der Waals surface area contributed by atoms with Crippen LogP contribution < -0.4 is 5.32 Å². The zero-order chi connectivity index (χ0) is 11.6. The normalized spacial score (nSPS) is 57.9. The van der Waals surface area contributed by atoms with Gasteiger partial charge in [-0.2, -0.15) is 0 Å². The number of hydrogen-bond donors (Lipinski definition) is 2. The lowest BCUT2D eigenvalue weighted by Crippen LogP contribution is -2.66. The molecule has 8 atom stereocenters. The molecule has 4 rings (SSSR count). The molecule has 0 amide bonds. The standard InChI is InChI=1S/C15H25NO/c1-8-5-9-7-11-13(9)10(6-8)14(11)15(17)12-3-2-4-16-12/h8-17H,2-7H2,1H3/t8?,9?,10?,11?,12-,13?,14?,15-/m0/s1. The molecule has 2 nitrogen and oxygen atoms in total. The molecule has 2 heteroatoms. The first-order valence-corrected chi connectivity index (χ1v) is 7.67. The molecule has 0 bridgehead atoms. The van der Waals surface area contributed by atoms with Gasteiger partial charge in [-0.3, -0.25) is 0 Å². The minimum atomic E-state index is -0.0463. The number of nitrogens with one attached hydrogen (secondary N) is 1. The second kappa shape index (κ2) is 3.71. The molecule has 6 unspecified atom stereocenters. The van der Waals surface area contributed by atoms with Gasteiger partial charge in [0.2, 0.25) is 0 Å². The Morgan fingerprint density at radius 2 is 2.00 bits per heavy atom. The number of aliphatic hydroxyl groups excluding tert-OH is 1. The van der Waals surface area contributed by atoms with Gasteiger partial charge >= 0.3 is 0 Å². The first kappa shape index (κ1) is 10.8. The van der Waals surface area contributed by atoms with E-state index in [1.54, 1.807) is 0 Å². The lowest BCUT2D eigenvalue weighted by Gasteiger charge is -2.69. The lowest BCUT2D eigenvalue weighted by atomic mass is 9.37. The van der Waals surface area contributed by atoms with Crippen LogP contribution in [0.15, 0.2) is 0 Å². The topological polar surface area (TPSA) is 32.3 Å². The van der Waals surface area contributed by atoms with Gasteiger partial charge in [-0.1, -0.05) is 6.92 Å². The maximum Gasteiger partial charge on any atom is 0.0726 e. The second-order valence-corrected chi connectivity index (χ2v) is 7.25. The van der Waals surface area contributed by atoms with Crippen LogP contribution in [0.25, 0.3) is 0 Å². The predicted molar refractivity (Wildman–Crippen MR) is 67.5 cm³/mol. The summed E-state index contributed by atoms with van der Waals surface area (Å²) in [6.45, 7) is 3.53. The molecule has 4 fully saturated rings. The molecule has 0 radical (unpaired) electrons. The van der Waals surface area contributed by atoms with Crippen LogP contribution >= 0.6 is 0 Å². The van der Waals surface area contributed by atoms with Crippen LogP contribution in [0.5, 0.6) is 0 Å². The maximum absolute atomic E-state index is 10.6. The monoisotopic (exact) mass is 235 g/mol. The number of rotatable bonds is 2. The third-order valence-electron chi connectivity index (χ3n) is 6.38. The number of aliphatic hydroxyl groups is 1. The maximum atomic E-state index is 10.6. The van der Waals surface area contributed by atoms with Gasteiger partial charge in [0.15, 0.2) is 0 Å². The summed E-state index contributed by atoms with van der Waals surface area (Å²) in [4.78, 5) is 0. The summed E-state index contributed by atoms with van der Waals surface area (Å²) in [7, 11) is 0. The minimum absolute atomic E-state index is 0.0463. The van der Waals surface area contributed by atoms with Crippen LogP contribution in [-0.4, -0.2) is 23.8 Å². The number of hydrogen-bond acceptors (Lipinski definition) is 2. The highest BCUT2D eigenvalue weighted by molar-refractivity contribution is 5.13. The molecule has 0 aromatic carbocycles. The predicted octanol–water partition coefficient (Wildman–Crippen LogP) is 2.03. The van der Waals surface area contributed by atoms with E-state index >= 15 is 0 Å². The quantitative estimate of drug-likeness (QED) is 0.767. The second-order valence-electron chi connectivity index (χ2n) is 7.25. The molecule has 2 N–H and O–H groups in total. The van der Waals surface area contributed by atoms with Crippen molar-refractivity contribution in [3.63, 3.8) is 0 Å². The third-order valence-corrected chi connectivity index (χ3v) is 6.38. The van der Waals surface area contributed by atoms with E-state index < -0.39 is 0 Å². The van der Waals surface area contributed by atoms with E-state index in [1.165, 1.54) is 32.1 Å². The Hall–Kier alpha value is -0.0800. The third kappa shape index (κ3) is 1.40. The molecule has 1 aliphatic heterocycles. The molecular formula is C15H25NO. The summed E-state index contributed by atoms with van der Waals surface area (Å²) < 4.78 is 0. The molecule has 1 saturated heterocycles. The van der Waals surface area contributed by atoms with Crippen LogP contribution in [-0.2, 0) is 0 Å². The van der Waals surface area contributed by atoms with Crippen LogP contribution in [0.4, 0.5) is 0 Å². The Balaban J connectivity index is 1.48. The van der Waals surface area contributed by atoms with Gasteiger partial charge in [0, 0.05) is 6.04 Å². The Morgan fingerprint density at radius 3 is 2.76 bits per heavy atom. The van der Waals surface area contributed by atoms with Crippen LogP contribution in [0.1, 0.15) is 39.0 Å². The van der Waals surface area contributed by atoms with E-state index in [1.807, 2.05) is 0 Å². The van der Waals surface area contributed by atoms with Crippen molar-refractivity contribution in [3.8, 4) is 0 Å². The van der Waals surface area contributed by atoms with Crippen molar-refractivity contribution in [2.24, 2.45) is 35.5 Å². The summed E-state index contributed by atoms with van der Waals surface area (Å²) in [6.07, 6.45) is 6.70. The molecule has 0 aromatic heterocycles. The average Bonchev–Trinajstić information content (AvgIpc) is 2.76. The summed E-state index contributed by atoms with van der Waals surface area (Å²) >= 11 is 0. The molecule has 0 spiro atoms. The summed E-state index contributed by atoms with van der Waals surface area (Å²) in [5.41, 5.74) is 0. The Bertz CT molecular complexity index is 308. The Kier molecular flexibility index (Phi) is 2.36. The highest BCUT2D eigenvalue weighted by Gasteiger charge is 2.64. The van der Waals surface area contributed by atoms with E-state index in [-0.39, 0.29) is 6.10 Å².